The van der Waals surface area contributed by atoms with Gasteiger partial charge in [0.2, 0.25) is 5.91 Å². The quantitative estimate of drug-likeness (QED) is 0.566. The van der Waals surface area contributed by atoms with Crippen LogP contribution in [0.5, 0.6) is 5.75 Å². The first kappa shape index (κ1) is 19.0. The summed E-state index contributed by atoms with van der Waals surface area (Å²) < 4.78 is 5.42. The summed E-state index contributed by atoms with van der Waals surface area (Å²) >= 11 is 1.50. The molecule has 27 heavy (non-hydrogen) atoms. The second-order valence-corrected chi connectivity index (χ2v) is 7.08. The zero-order chi connectivity index (χ0) is 19.1. The second-order valence-electron chi connectivity index (χ2n) is 6.03. The van der Waals surface area contributed by atoms with Crippen LogP contribution in [0.1, 0.15) is 25.7 Å². The van der Waals surface area contributed by atoms with Crippen molar-refractivity contribution in [3.8, 4) is 17.0 Å². The molecule has 1 unspecified atom stereocenters. The summed E-state index contributed by atoms with van der Waals surface area (Å²) in [5, 5.41) is 2.98. The van der Waals surface area contributed by atoms with Crippen LogP contribution in [0.25, 0.3) is 11.3 Å². The lowest BCUT2D eigenvalue weighted by molar-refractivity contribution is -0.119. The highest BCUT2D eigenvalue weighted by Gasteiger charge is 2.13. The van der Waals surface area contributed by atoms with Crippen LogP contribution in [0, 0.1) is 0 Å². The van der Waals surface area contributed by atoms with E-state index in [1.165, 1.54) is 11.8 Å². The fourth-order valence-corrected chi connectivity index (χ4v) is 3.33. The third kappa shape index (κ3) is 5.37. The van der Waals surface area contributed by atoms with Crippen LogP contribution in [0.4, 0.5) is 0 Å². The van der Waals surface area contributed by atoms with Crippen molar-refractivity contribution in [2.45, 2.75) is 24.8 Å². The molecule has 0 aliphatic carbocycles. The van der Waals surface area contributed by atoms with Gasteiger partial charge in [-0.15, -0.1) is 11.8 Å². The number of carbonyl (C=O) groups excluding carboxylic acids is 1. The van der Waals surface area contributed by atoms with E-state index in [0.29, 0.717) is 12.4 Å². The van der Waals surface area contributed by atoms with Crippen LogP contribution < -0.4 is 10.1 Å². The highest BCUT2D eigenvalue weighted by molar-refractivity contribution is 8.00. The monoisotopic (exact) mass is 381 g/mol. The van der Waals surface area contributed by atoms with Gasteiger partial charge in [0.15, 0.2) is 0 Å². The molecule has 0 aliphatic rings. The average Bonchev–Trinajstić information content (AvgIpc) is 3.19. The predicted octanol–water partition coefficient (Wildman–Crippen LogP) is 4.44. The lowest BCUT2D eigenvalue weighted by atomic mass is 10.2. The number of H-pyrrole nitrogens is 1. The molecular weight excluding hydrogens is 358 g/mol. The van der Waals surface area contributed by atoms with Crippen LogP contribution in [-0.2, 0) is 4.79 Å². The maximum Gasteiger partial charge on any atom is 0.230 e. The average molecular weight is 382 g/mol. The molecule has 1 heterocycles. The lowest BCUT2D eigenvalue weighted by Gasteiger charge is -2.11. The summed E-state index contributed by atoms with van der Waals surface area (Å²) in [5.74, 6) is 1.91. The molecule has 0 aliphatic heterocycles. The predicted molar refractivity (Wildman–Crippen MR) is 109 cm³/mol. The molecule has 0 spiro atoms. The number of amides is 1. The van der Waals surface area contributed by atoms with Crippen LogP contribution in [0.15, 0.2) is 65.7 Å². The van der Waals surface area contributed by atoms with Gasteiger partial charge in [0.05, 0.1) is 30.3 Å². The number of benzene rings is 2. The Bertz CT molecular complexity index is 863. The Morgan fingerprint density at radius 1 is 1.19 bits per heavy atom. The topological polar surface area (TPSA) is 67.0 Å². The number of rotatable bonds is 8. The molecule has 3 aromatic rings. The van der Waals surface area contributed by atoms with Crippen LogP contribution >= 0.6 is 11.8 Å². The normalized spacial score (nSPS) is 11.8. The van der Waals surface area contributed by atoms with Crippen molar-refractivity contribution in [3.63, 3.8) is 0 Å². The zero-order valence-electron chi connectivity index (χ0n) is 15.4. The molecule has 140 valence electrons. The minimum absolute atomic E-state index is 0.0287. The first-order valence-corrected chi connectivity index (χ1v) is 9.89. The Labute approximate surface area is 163 Å². The number of thioether (sulfide) groups is 1. The molecule has 1 amide bonds. The zero-order valence-corrected chi connectivity index (χ0v) is 16.3. The van der Waals surface area contributed by atoms with Gasteiger partial charge in [-0.25, -0.2) is 4.98 Å². The summed E-state index contributed by atoms with van der Waals surface area (Å²) in [6.07, 6.45) is 1.79. The third-order valence-corrected chi connectivity index (χ3v) is 4.98. The van der Waals surface area contributed by atoms with E-state index >= 15 is 0 Å². The van der Waals surface area contributed by atoms with Gasteiger partial charge in [-0.05, 0) is 43.7 Å². The maximum absolute atomic E-state index is 12.2. The van der Waals surface area contributed by atoms with E-state index in [0.717, 1.165) is 27.7 Å². The van der Waals surface area contributed by atoms with Gasteiger partial charge in [0, 0.05) is 4.90 Å². The van der Waals surface area contributed by atoms with Crippen LogP contribution in [0.2, 0.25) is 0 Å². The van der Waals surface area contributed by atoms with E-state index in [9.17, 15) is 4.79 Å². The minimum atomic E-state index is -0.184. The van der Waals surface area contributed by atoms with Crippen molar-refractivity contribution in [2.24, 2.45) is 0 Å². The lowest BCUT2D eigenvalue weighted by Crippen LogP contribution is -2.28. The number of carbonyl (C=O) groups is 1. The van der Waals surface area contributed by atoms with E-state index in [-0.39, 0.29) is 11.9 Å². The number of hydrogen-bond donors (Lipinski definition) is 2. The molecule has 1 aromatic heterocycles. The van der Waals surface area contributed by atoms with E-state index in [2.05, 4.69) is 15.3 Å². The fraction of sp³-hybridized carbons (Fsp3) is 0.238. The van der Waals surface area contributed by atoms with Gasteiger partial charge in [-0.2, -0.15) is 0 Å². The molecule has 0 radical (unpaired) electrons. The Hall–Kier alpha value is -2.73. The van der Waals surface area contributed by atoms with Crippen LogP contribution in [-0.4, -0.2) is 28.2 Å². The van der Waals surface area contributed by atoms with Gasteiger partial charge in [0.1, 0.15) is 11.6 Å². The molecule has 3 rings (SSSR count). The Balaban J connectivity index is 1.51. The first-order chi connectivity index (χ1) is 13.2. The highest BCUT2D eigenvalue weighted by atomic mass is 32.2. The Morgan fingerprint density at radius 2 is 1.93 bits per heavy atom. The van der Waals surface area contributed by atoms with Crippen molar-refractivity contribution < 1.29 is 9.53 Å². The standard InChI is InChI=1S/C21H23N3O2S/c1-3-26-17-9-11-18(12-10-17)27-14-20(25)23-15(2)21-22-13-19(24-21)16-7-5-4-6-8-16/h4-13,15H,3,14H2,1-2H3,(H,22,24)(H,23,25). The highest BCUT2D eigenvalue weighted by Crippen LogP contribution is 2.22. The molecule has 0 saturated carbocycles. The number of hydrogen-bond acceptors (Lipinski definition) is 4. The van der Waals surface area contributed by atoms with E-state index in [1.54, 1.807) is 6.20 Å². The second kappa shape index (κ2) is 9.28. The van der Waals surface area contributed by atoms with Gasteiger partial charge in [-0.1, -0.05) is 30.3 Å². The molecule has 2 N–H and O–H groups in total. The molecule has 5 nitrogen and oxygen atoms in total. The third-order valence-electron chi connectivity index (χ3n) is 3.97. The SMILES string of the molecule is CCOc1ccc(SCC(=O)NC(C)c2ncc(-c3ccccc3)[nH]2)cc1. The Kier molecular flexibility index (Phi) is 6.54. The summed E-state index contributed by atoms with van der Waals surface area (Å²) in [5.41, 5.74) is 2.01. The first-order valence-electron chi connectivity index (χ1n) is 8.91. The summed E-state index contributed by atoms with van der Waals surface area (Å²) in [4.78, 5) is 21.0. The van der Waals surface area contributed by atoms with Crippen molar-refractivity contribution >= 4 is 17.7 Å². The van der Waals surface area contributed by atoms with Crippen molar-refractivity contribution in [1.29, 1.82) is 0 Å². The number of aromatic nitrogens is 2. The molecule has 2 aromatic carbocycles. The summed E-state index contributed by atoms with van der Waals surface area (Å²) in [7, 11) is 0. The summed E-state index contributed by atoms with van der Waals surface area (Å²) in [6.45, 7) is 4.52. The number of imidazole rings is 1. The molecule has 1 atom stereocenters. The smallest absolute Gasteiger partial charge is 0.230 e. The van der Waals surface area contributed by atoms with Crippen molar-refractivity contribution in [1.82, 2.24) is 15.3 Å². The molecule has 0 fully saturated rings. The van der Waals surface area contributed by atoms with Gasteiger partial charge < -0.3 is 15.0 Å². The van der Waals surface area contributed by atoms with Gasteiger partial charge >= 0.3 is 0 Å². The van der Waals surface area contributed by atoms with Crippen molar-refractivity contribution in [2.75, 3.05) is 12.4 Å². The van der Waals surface area contributed by atoms with Crippen LogP contribution in [0.3, 0.4) is 0 Å². The molecule has 0 bridgehead atoms. The number of ether oxygens (including phenoxy) is 1. The van der Waals surface area contributed by atoms with E-state index < -0.39 is 0 Å². The molecule has 6 heteroatoms. The summed E-state index contributed by atoms with van der Waals surface area (Å²) in [6, 6.07) is 17.6. The minimum Gasteiger partial charge on any atom is -0.494 e. The number of nitrogens with zero attached hydrogens (tertiary/aromatic N) is 1. The fourth-order valence-electron chi connectivity index (χ4n) is 2.62. The van der Waals surface area contributed by atoms with Crippen molar-refractivity contribution in [3.05, 3.63) is 66.6 Å². The maximum atomic E-state index is 12.2. The largest absolute Gasteiger partial charge is 0.494 e. The number of nitrogens with one attached hydrogen (secondary N) is 2. The Morgan fingerprint density at radius 3 is 2.63 bits per heavy atom. The van der Waals surface area contributed by atoms with E-state index in [1.807, 2.05) is 68.4 Å². The number of aromatic amines is 1. The molecule has 0 saturated heterocycles. The molecular formula is C21H23N3O2S. The van der Waals surface area contributed by atoms with E-state index in [4.69, 9.17) is 4.74 Å². The van der Waals surface area contributed by atoms with Gasteiger partial charge in [-0.3, -0.25) is 4.79 Å². The van der Waals surface area contributed by atoms with Gasteiger partial charge in [0.25, 0.3) is 0 Å².